The smallest absolute Gasteiger partial charge is 0.287 e. The predicted octanol–water partition coefficient (Wildman–Crippen LogP) is 2.67. The van der Waals surface area contributed by atoms with Crippen molar-refractivity contribution < 1.29 is 18.0 Å². The number of aryl methyl sites for hydroxylation is 1. The van der Waals surface area contributed by atoms with Crippen LogP contribution in [0.3, 0.4) is 0 Å². The minimum atomic E-state index is -4.46. The molecule has 0 amide bonds. The van der Waals surface area contributed by atoms with Gasteiger partial charge in [-0.15, -0.1) is 0 Å². The van der Waals surface area contributed by atoms with Gasteiger partial charge in [0.25, 0.3) is 0 Å². The average Bonchev–Trinajstić information content (AvgIpc) is 2.73. The number of halogens is 3. The van der Waals surface area contributed by atoms with Crippen LogP contribution in [0, 0.1) is 0 Å². The van der Waals surface area contributed by atoms with Gasteiger partial charge in [0, 0.05) is 18.8 Å². The maximum Gasteiger partial charge on any atom is 0.416 e. The lowest BCUT2D eigenvalue weighted by Crippen LogP contribution is -2.11. The highest BCUT2D eigenvalue weighted by Crippen LogP contribution is 2.29. The number of hydrogen-bond donors (Lipinski definition) is 0. The van der Waals surface area contributed by atoms with Gasteiger partial charge in [-0.1, -0.05) is 12.1 Å². The summed E-state index contributed by atoms with van der Waals surface area (Å²) in [4.78, 5) is 12.0. The molecule has 0 saturated carbocycles. The van der Waals surface area contributed by atoms with E-state index in [9.17, 15) is 18.0 Å². The van der Waals surface area contributed by atoms with Crippen molar-refractivity contribution in [1.82, 2.24) is 9.78 Å². The summed E-state index contributed by atoms with van der Waals surface area (Å²) < 4.78 is 38.9. The van der Waals surface area contributed by atoms with Crippen LogP contribution in [-0.2, 0) is 13.2 Å². The molecule has 0 spiro atoms. The van der Waals surface area contributed by atoms with Crippen molar-refractivity contribution in [2.24, 2.45) is 7.05 Å². The maximum absolute atomic E-state index is 12.5. The fourth-order valence-corrected chi connectivity index (χ4v) is 1.58. The molecule has 1 heterocycles. The van der Waals surface area contributed by atoms with Crippen molar-refractivity contribution in [2.45, 2.75) is 6.18 Å². The van der Waals surface area contributed by atoms with Crippen molar-refractivity contribution in [3.63, 3.8) is 0 Å². The molecule has 0 aliphatic carbocycles. The summed E-state index contributed by atoms with van der Waals surface area (Å²) in [5.74, 6) is -0.485. The molecule has 0 aliphatic heterocycles. The fourth-order valence-electron chi connectivity index (χ4n) is 1.58. The third-order valence-electron chi connectivity index (χ3n) is 2.51. The lowest BCUT2D eigenvalue weighted by molar-refractivity contribution is -0.137. The van der Waals surface area contributed by atoms with Gasteiger partial charge in [0.05, 0.1) is 5.56 Å². The minimum absolute atomic E-state index is 0.00609. The van der Waals surface area contributed by atoms with E-state index in [2.05, 4.69) is 5.10 Å². The molecule has 0 fully saturated rings. The summed E-state index contributed by atoms with van der Waals surface area (Å²) in [5.41, 5.74) is -0.599. The van der Waals surface area contributed by atoms with Crippen LogP contribution in [0.2, 0.25) is 0 Å². The Balaban J connectivity index is 2.41. The molecular formula is C12H9F3N2O. The van der Waals surface area contributed by atoms with Crippen LogP contribution >= 0.6 is 0 Å². The van der Waals surface area contributed by atoms with E-state index < -0.39 is 17.5 Å². The van der Waals surface area contributed by atoms with E-state index in [1.54, 1.807) is 7.05 Å². The second-order valence-electron chi connectivity index (χ2n) is 3.75. The molecule has 1 aromatic heterocycles. The molecule has 0 radical (unpaired) electrons. The lowest BCUT2D eigenvalue weighted by Gasteiger charge is -2.08. The Morgan fingerprint density at radius 1 is 1.28 bits per heavy atom. The third-order valence-corrected chi connectivity index (χ3v) is 2.51. The molecule has 1 aromatic carbocycles. The van der Waals surface area contributed by atoms with E-state index in [1.807, 2.05) is 0 Å². The summed E-state index contributed by atoms with van der Waals surface area (Å²) >= 11 is 0. The molecule has 0 bridgehead atoms. The van der Waals surface area contributed by atoms with Crippen LogP contribution in [0.5, 0.6) is 0 Å². The second-order valence-corrected chi connectivity index (χ2v) is 3.75. The topological polar surface area (TPSA) is 34.9 Å². The van der Waals surface area contributed by atoms with Gasteiger partial charge < -0.3 is 0 Å². The molecule has 2 aromatic rings. The molecule has 94 valence electrons. The van der Waals surface area contributed by atoms with Crippen LogP contribution in [0.1, 0.15) is 21.6 Å². The molecule has 3 nitrogen and oxygen atoms in total. The highest BCUT2D eigenvalue weighted by Gasteiger charge is 2.31. The van der Waals surface area contributed by atoms with E-state index in [0.717, 1.165) is 12.1 Å². The highest BCUT2D eigenvalue weighted by atomic mass is 19.4. The standard InChI is InChI=1S/C12H9F3N2O/c1-17-10(5-6-16-17)11(18)8-3-2-4-9(7-8)12(13,14)15/h2-7H,1H3. The first-order valence-corrected chi connectivity index (χ1v) is 5.09. The van der Waals surface area contributed by atoms with E-state index in [0.29, 0.717) is 0 Å². The zero-order valence-corrected chi connectivity index (χ0v) is 9.40. The van der Waals surface area contributed by atoms with E-state index in [4.69, 9.17) is 0 Å². The first kappa shape index (κ1) is 12.3. The fraction of sp³-hybridized carbons (Fsp3) is 0.167. The first-order chi connectivity index (χ1) is 8.39. The largest absolute Gasteiger partial charge is 0.416 e. The lowest BCUT2D eigenvalue weighted by atomic mass is 10.0. The van der Waals surface area contributed by atoms with Crippen LogP contribution < -0.4 is 0 Å². The Bertz CT molecular complexity index is 587. The Morgan fingerprint density at radius 3 is 2.56 bits per heavy atom. The quantitative estimate of drug-likeness (QED) is 0.772. The number of hydrogen-bond acceptors (Lipinski definition) is 2. The van der Waals surface area contributed by atoms with Crippen molar-refractivity contribution >= 4 is 5.78 Å². The van der Waals surface area contributed by atoms with E-state index in [1.165, 1.54) is 29.1 Å². The normalized spacial score (nSPS) is 11.6. The number of benzene rings is 1. The van der Waals surface area contributed by atoms with Gasteiger partial charge in [0.2, 0.25) is 5.78 Å². The summed E-state index contributed by atoms with van der Waals surface area (Å²) in [5, 5.41) is 3.81. The summed E-state index contributed by atoms with van der Waals surface area (Å²) in [6, 6.07) is 5.80. The predicted molar refractivity (Wildman–Crippen MR) is 58.1 cm³/mol. The van der Waals surface area contributed by atoms with Gasteiger partial charge in [-0.25, -0.2) is 0 Å². The number of carbonyl (C=O) groups is 1. The van der Waals surface area contributed by atoms with E-state index in [-0.39, 0.29) is 11.3 Å². The van der Waals surface area contributed by atoms with Crippen LogP contribution in [-0.4, -0.2) is 15.6 Å². The molecule has 18 heavy (non-hydrogen) atoms. The van der Waals surface area contributed by atoms with Gasteiger partial charge in [-0.05, 0) is 18.2 Å². The van der Waals surface area contributed by atoms with Gasteiger partial charge in [0.15, 0.2) is 0 Å². The zero-order chi connectivity index (χ0) is 13.3. The Hall–Kier alpha value is -2.11. The van der Waals surface area contributed by atoms with Crippen molar-refractivity contribution in [3.8, 4) is 0 Å². The molecule has 2 rings (SSSR count). The molecule has 0 unspecified atom stereocenters. The minimum Gasteiger partial charge on any atom is -0.287 e. The molecule has 0 atom stereocenters. The second kappa shape index (κ2) is 4.29. The maximum atomic E-state index is 12.5. The van der Waals surface area contributed by atoms with Crippen LogP contribution in [0.4, 0.5) is 13.2 Å². The van der Waals surface area contributed by atoms with Crippen LogP contribution in [0.15, 0.2) is 36.5 Å². The number of nitrogens with zero attached hydrogens (tertiary/aromatic N) is 2. The van der Waals surface area contributed by atoms with E-state index >= 15 is 0 Å². The van der Waals surface area contributed by atoms with Crippen molar-refractivity contribution in [2.75, 3.05) is 0 Å². The number of carbonyl (C=O) groups excluding carboxylic acids is 1. The zero-order valence-electron chi connectivity index (χ0n) is 9.40. The molecular weight excluding hydrogens is 245 g/mol. The van der Waals surface area contributed by atoms with Crippen molar-refractivity contribution in [3.05, 3.63) is 53.3 Å². The molecule has 6 heteroatoms. The summed E-state index contributed by atoms with van der Waals surface area (Å²) in [6.45, 7) is 0. The number of alkyl halides is 3. The first-order valence-electron chi connectivity index (χ1n) is 5.09. The average molecular weight is 254 g/mol. The van der Waals surface area contributed by atoms with Crippen LogP contribution in [0.25, 0.3) is 0 Å². The molecule has 0 N–H and O–H groups in total. The van der Waals surface area contributed by atoms with Gasteiger partial charge in [-0.3, -0.25) is 9.48 Å². The number of rotatable bonds is 2. The molecule has 0 aliphatic rings. The van der Waals surface area contributed by atoms with Gasteiger partial charge >= 0.3 is 6.18 Å². The van der Waals surface area contributed by atoms with Gasteiger partial charge in [-0.2, -0.15) is 18.3 Å². The monoisotopic (exact) mass is 254 g/mol. The van der Waals surface area contributed by atoms with Gasteiger partial charge in [0.1, 0.15) is 5.69 Å². The number of ketones is 1. The summed E-state index contributed by atoms with van der Waals surface area (Å²) in [6.07, 6.45) is -3.04. The summed E-state index contributed by atoms with van der Waals surface area (Å²) in [7, 11) is 1.56. The molecule has 0 saturated heterocycles. The third kappa shape index (κ3) is 2.27. The van der Waals surface area contributed by atoms with Crippen molar-refractivity contribution in [1.29, 1.82) is 0 Å². The Morgan fingerprint density at radius 2 is 2.00 bits per heavy atom. The Kier molecular flexibility index (Phi) is 2.94. The number of aromatic nitrogens is 2. The SMILES string of the molecule is Cn1nccc1C(=O)c1cccc(C(F)(F)F)c1. The Labute approximate surface area is 101 Å². The highest BCUT2D eigenvalue weighted by molar-refractivity contribution is 6.07.